The summed E-state index contributed by atoms with van der Waals surface area (Å²) in [4.78, 5) is 12.8. The van der Waals surface area contributed by atoms with E-state index in [0.29, 0.717) is 22.1 Å². The number of aromatic nitrogens is 2. The van der Waals surface area contributed by atoms with Crippen LogP contribution in [0.1, 0.15) is 31.3 Å². The quantitative estimate of drug-likeness (QED) is 0.714. The van der Waals surface area contributed by atoms with Crippen molar-refractivity contribution in [3.05, 3.63) is 71.1 Å². The van der Waals surface area contributed by atoms with Crippen molar-refractivity contribution < 1.29 is 9.18 Å². The highest BCUT2D eigenvalue weighted by molar-refractivity contribution is 6.30. The van der Waals surface area contributed by atoms with Crippen molar-refractivity contribution in [3.8, 4) is 16.9 Å². The molecule has 0 spiro atoms. The van der Waals surface area contributed by atoms with Gasteiger partial charge in [-0.2, -0.15) is 5.10 Å². The third-order valence-electron chi connectivity index (χ3n) is 3.62. The number of hydrogen-bond acceptors (Lipinski definition) is 2. The molecule has 1 heterocycles. The van der Waals surface area contributed by atoms with Crippen LogP contribution in [0, 0.1) is 5.82 Å². The van der Waals surface area contributed by atoms with Crippen LogP contribution in [0.4, 0.5) is 4.39 Å². The number of carbonyl (C=O) groups is 1. The zero-order chi connectivity index (χ0) is 18.9. The van der Waals surface area contributed by atoms with Gasteiger partial charge in [0.05, 0.1) is 11.4 Å². The average molecular weight is 372 g/mol. The topological polar surface area (TPSA) is 46.9 Å². The monoisotopic (exact) mass is 371 g/mol. The summed E-state index contributed by atoms with van der Waals surface area (Å²) in [6.07, 6.45) is 0. The van der Waals surface area contributed by atoms with E-state index in [4.69, 9.17) is 11.6 Å². The fourth-order valence-corrected chi connectivity index (χ4v) is 2.70. The first-order valence-electron chi connectivity index (χ1n) is 8.17. The summed E-state index contributed by atoms with van der Waals surface area (Å²) in [5.41, 5.74) is 1.95. The van der Waals surface area contributed by atoms with E-state index < -0.39 is 5.54 Å². The molecule has 0 aliphatic carbocycles. The average Bonchev–Trinajstić information content (AvgIpc) is 2.99. The summed E-state index contributed by atoms with van der Waals surface area (Å²) in [7, 11) is 0. The van der Waals surface area contributed by atoms with Crippen molar-refractivity contribution in [1.29, 1.82) is 0 Å². The van der Waals surface area contributed by atoms with Crippen molar-refractivity contribution >= 4 is 17.5 Å². The molecular formula is C20H19ClFN3O. The lowest BCUT2D eigenvalue weighted by molar-refractivity contribution is 0.0911. The minimum atomic E-state index is -0.392. The van der Waals surface area contributed by atoms with Gasteiger partial charge in [-0.05, 0) is 69.3 Å². The SMILES string of the molecule is CC(C)(C)NC(=O)c1cc(-c2ccc(F)cc2)nn1-c1cccc(Cl)c1. The molecule has 0 unspecified atom stereocenters. The number of carbonyl (C=O) groups excluding carboxylic acids is 1. The first kappa shape index (κ1) is 18.1. The normalized spacial score (nSPS) is 11.4. The van der Waals surface area contributed by atoms with Crippen molar-refractivity contribution in [2.24, 2.45) is 0 Å². The lowest BCUT2D eigenvalue weighted by Gasteiger charge is -2.20. The highest BCUT2D eigenvalue weighted by Gasteiger charge is 2.21. The molecule has 134 valence electrons. The smallest absolute Gasteiger partial charge is 0.270 e. The first-order valence-corrected chi connectivity index (χ1v) is 8.55. The molecule has 0 saturated heterocycles. The Kier molecular flexibility index (Phi) is 4.83. The molecular weight excluding hydrogens is 353 g/mol. The summed E-state index contributed by atoms with van der Waals surface area (Å²) in [6, 6.07) is 14.8. The maximum Gasteiger partial charge on any atom is 0.270 e. The molecule has 0 bridgehead atoms. The van der Waals surface area contributed by atoms with Crippen LogP contribution in [0.25, 0.3) is 16.9 Å². The number of rotatable bonds is 3. The Morgan fingerprint density at radius 3 is 2.42 bits per heavy atom. The minimum absolute atomic E-state index is 0.252. The first-order chi connectivity index (χ1) is 12.2. The molecule has 4 nitrogen and oxygen atoms in total. The highest BCUT2D eigenvalue weighted by atomic mass is 35.5. The van der Waals surface area contributed by atoms with Crippen LogP contribution in [0.2, 0.25) is 5.02 Å². The van der Waals surface area contributed by atoms with E-state index in [1.807, 2.05) is 26.8 Å². The molecule has 1 amide bonds. The Morgan fingerprint density at radius 2 is 1.81 bits per heavy atom. The van der Waals surface area contributed by atoms with E-state index in [1.165, 1.54) is 12.1 Å². The van der Waals surface area contributed by atoms with Crippen molar-refractivity contribution in [3.63, 3.8) is 0 Å². The van der Waals surface area contributed by atoms with Gasteiger partial charge in [-0.15, -0.1) is 0 Å². The summed E-state index contributed by atoms with van der Waals surface area (Å²) in [5.74, 6) is -0.577. The fraction of sp³-hybridized carbons (Fsp3) is 0.200. The van der Waals surface area contributed by atoms with Gasteiger partial charge in [-0.3, -0.25) is 4.79 Å². The van der Waals surface area contributed by atoms with Crippen LogP contribution < -0.4 is 5.32 Å². The van der Waals surface area contributed by atoms with Gasteiger partial charge in [0.2, 0.25) is 0 Å². The number of nitrogens with one attached hydrogen (secondary N) is 1. The Balaban J connectivity index is 2.11. The maximum absolute atomic E-state index is 13.2. The molecule has 0 saturated carbocycles. The van der Waals surface area contributed by atoms with E-state index in [0.717, 1.165) is 5.56 Å². The van der Waals surface area contributed by atoms with E-state index in [-0.39, 0.29) is 11.7 Å². The zero-order valence-corrected chi connectivity index (χ0v) is 15.5. The van der Waals surface area contributed by atoms with Gasteiger partial charge >= 0.3 is 0 Å². The number of hydrogen-bond donors (Lipinski definition) is 1. The predicted octanol–water partition coefficient (Wildman–Crippen LogP) is 4.86. The van der Waals surface area contributed by atoms with Crippen LogP contribution >= 0.6 is 11.6 Å². The fourth-order valence-electron chi connectivity index (χ4n) is 2.51. The summed E-state index contributed by atoms with van der Waals surface area (Å²) < 4.78 is 14.8. The number of benzene rings is 2. The lowest BCUT2D eigenvalue weighted by Crippen LogP contribution is -2.41. The molecule has 6 heteroatoms. The molecule has 26 heavy (non-hydrogen) atoms. The molecule has 0 atom stereocenters. The van der Waals surface area contributed by atoms with E-state index in [1.54, 1.807) is 41.1 Å². The molecule has 0 radical (unpaired) electrons. The van der Waals surface area contributed by atoms with Gasteiger partial charge < -0.3 is 5.32 Å². The molecule has 0 aliphatic heterocycles. The van der Waals surface area contributed by atoms with Crippen LogP contribution in [0.5, 0.6) is 0 Å². The second kappa shape index (κ2) is 6.92. The molecule has 1 N–H and O–H groups in total. The van der Waals surface area contributed by atoms with Crippen molar-refractivity contribution in [1.82, 2.24) is 15.1 Å². The highest BCUT2D eigenvalue weighted by Crippen LogP contribution is 2.24. The van der Waals surface area contributed by atoms with Crippen molar-refractivity contribution in [2.75, 3.05) is 0 Å². The molecule has 0 aliphatic rings. The molecule has 3 rings (SSSR count). The van der Waals surface area contributed by atoms with Gasteiger partial charge in [-0.25, -0.2) is 9.07 Å². The van der Waals surface area contributed by atoms with E-state index in [2.05, 4.69) is 10.4 Å². The predicted molar refractivity (Wildman–Crippen MR) is 101 cm³/mol. The van der Waals surface area contributed by atoms with E-state index in [9.17, 15) is 9.18 Å². The molecule has 1 aromatic heterocycles. The number of nitrogens with zero attached hydrogens (tertiary/aromatic N) is 2. The van der Waals surface area contributed by atoms with Gasteiger partial charge in [0.15, 0.2) is 0 Å². The van der Waals surface area contributed by atoms with Gasteiger partial charge in [-0.1, -0.05) is 17.7 Å². The zero-order valence-electron chi connectivity index (χ0n) is 14.8. The van der Waals surface area contributed by atoms with Crippen LogP contribution in [0.15, 0.2) is 54.6 Å². The second-order valence-corrected chi connectivity index (χ2v) is 7.45. The summed E-state index contributed by atoms with van der Waals surface area (Å²) >= 11 is 6.09. The number of halogens is 2. The Hall–Kier alpha value is -2.66. The van der Waals surface area contributed by atoms with Crippen LogP contribution in [-0.4, -0.2) is 21.2 Å². The lowest BCUT2D eigenvalue weighted by atomic mass is 10.1. The summed E-state index contributed by atoms with van der Waals surface area (Å²) in [5, 5.41) is 8.03. The van der Waals surface area contributed by atoms with Gasteiger partial charge in [0, 0.05) is 16.1 Å². The van der Waals surface area contributed by atoms with Gasteiger partial charge in [0.25, 0.3) is 5.91 Å². The summed E-state index contributed by atoms with van der Waals surface area (Å²) in [6.45, 7) is 5.73. The number of amides is 1. The van der Waals surface area contributed by atoms with Crippen molar-refractivity contribution in [2.45, 2.75) is 26.3 Å². The third kappa shape index (κ3) is 4.11. The minimum Gasteiger partial charge on any atom is -0.346 e. The third-order valence-corrected chi connectivity index (χ3v) is 3.86. The molecule has 0 fully saturated rings. The second-order valence-electron chi connectivity index (χ2n) is 7.02. The maximum atomic E-state index is 13.2. The Morgan fingerprint density at radius 1 is 1.12 bits per heavy atom. The van der Waals surface area contributed by atoms with E-state index >= 15 is 0 Å². The van der Waals surface area contributed by atoms with Crippen LogP contribution in [-0.2, 0) is 0 Å². The molecule has 2 aromatic carbocycles. The largest absolute Gasteiger partial charge is 0.346 e. The standard InChI is InChI=1S/C20H19ClFN3O/c1-20(2,3)23-19(26)18-12-17(13-7-9-15(22)10-8-13)24-25(18)16-6-4-5-14(21)11-16/h4-12H,1-3H3,(H,23,26). The van der Waals surface area contributed by atoms with Crippen LogP contribution in [0.3, 0.4) is 0 Å². The Labute approximate surface area is 156 Å². The molecule has 3 aromatic rings. The Bertz CT molecular complexity index is 942. The van der Waals surface area contributed by atoms with Gasteiger partial charge in [0.1, 0.15) is 11.5 Å².